The molecule has 1 unspecified atom stereocenters. The maximum atomic E-state index is 13.0. The van der Waals surface area contributed by atoms with E-state index < -0.39 is 5.97 Å². The first kappa shape index (κ1) is 16.9. The number of carbonyl (C=O) groups is 1. The second kappa shape index (κ2) is 6.64. The maximum absolute atomic E-state index is 13.0. The number of aromatic nitrogens is 2. The highest BCUT2D eigenvalue weighted by molar-refractivity contribution is 5.89. The smallest absolute Gasteiger partial charge is 0.357 e. The van der Waals surface area contributed by atoms with Crippen LogP contribution in [0.25, 0.3) is 5.69 Å². The van der Waals surface area contributed by atoms with Crippen LogP contribution in [-0.2, 0) is 17.8 Å². The number of ether oxygens (including phenoxy) is 2. The third-order valence-corrected chi connectivity index (χ3v) is 4.71. The molecule has 1 fully saturated rings. The summed E-state index contributed by atoms with van der Waals surface area (Å²) >= 11 is 0. The molecule has 0 bridgehead atoms. The Kier molecular flexibility index (Phi) is 4.32. The molecule has 7 nitrogen and oxygen atoms in total. The van der Waals surface area contributed by atoms with Crippen molar-refractivity contribution in [3.05, 3.63) is 46.1 Å². The van der Waals surface area contributed by atoms with Gasteiger partial charge in [-0.25, -0.2) is 9.59 Å². The molecule has 0 spiro atoms. The molecule has 1 aromatic carbocycles. The number of fused-ring (bicyclic) bond motifs is 1. The number of rotatable bonds is 5. The molecule has 2 aliphatic rings. The fourth-order valence-electron chi connectivity index (χ4n) is 3.27. The van der Waals surface area contributed by atoms with E-state index in [4.69, 9.17) is 9.47 Å². The van der Waals surface area contributed by atoms with Crippen LogP contribution in [0.2, 0.25) is 0 Å². The Hall–Kier alpha value is -2.54. The number of hydrogen-bond donors (Lipinski definition) is 1. The van der Waals surface area contributed by atoms with E-state index >= 15 is 0 Å². The third-order valence-electron chi connectivity index (χ3n) is 4.71. The minimum absolute atomic E-state index is 0.167. The lowest BCUT2D eigenvalue weighted by Gasteiger charge is -2.22. The van der Waals surface area contributed by atoms with Gasteiger partial charge in [0, 0.05) is 19.1 Å². The summed E-state index contributed by atoms with van der Waals surface area (Å²) in [7, 11) is 0. The van der Waals surface area contributed by atoms with Crippen molar-refractivity contribution < 1.29 is 14.3 Å². The summed E-state index contributed by atoms with van der Waals surface area (Å²) in [6.07, 6.45) is 2.49. The van der Waals surface area contributed by atoms with E-state index in [1.807, 2.05) is 31.2 Å². The van der Waals surface area contributed by atoms with Gasteiger partial charge in [-0.3, -0.25) is 9.13 Å². The minimum atomic E-state index is -0.479. The predicted molar refractivity (Wildman–Crippen MR) is 95.9 cm³/mol. The van der Waals surface area contributed by atoms with Gasteiger partial charge in [-0.2, -0.15) is 0 Å². The molecule has 7 heteroatoms. The van der Waals surface area contributed by atoms with Gasteiger partial charge in [0.05, 0.1) is 24.1 Å². The summed E-state index contributed by atoms with van der Waals surface area (Å²) in [6, 6.07) is 7.47. The molecular weight excluding hydrogens is 334 g/mol. The van der Waals surface area contributed by atoms with E-state index in [9.17, 15) is 9.59 Å². The predicted octanol–water partition coefficient (Wildman–Crippen LogP) is 1.85. The van der Waals surface area contributed by atoms with Gasteiger partial charge in [0.25, 0.3) is 0 Å². The van der Waals surface area contributed by atoms with E-state index in [-0.39, 0.29) is 18.3 Å². The molecule has 0 radical (unpaired) electrons. The fraction of sp³-hybridized carbons (Fsp3) is 0.474. The van der Waals surface area contributed by atoms with Crippen LogP contribution >= 0.6 is 0 Å². The molecule has 1 N–H and O–H groups in total. The molecule has 1 atom stereocenters. The second-order valence-corrected chi connectivity index (χ2v) is 6.84. The minimum Gasteiger partial charge on any atom is -0.490 e. The van der Waals surface area contributed by atoms with Gasteiger partial charge in [-0.1, -0.05) is 0 Å². The first-order valence-corrected chi connectivity index (χ1v) is 9.10. The number of esters is 1. The highest BCUT2D eigenvalue weighted by atomic mass is 16.5. The molecule has 1 aliphatic heterocycles. The lowest BCUT2D eigenvalue weighted by Crippen LogP contribution is -2.40. The largest absolute Gasteiger partial charge is 0.490 e. The van der Waals surface area contributed by atoms with Crippen molar-refractivity contribution in [3.8, 4) is 11.4 Å². The molecule has 138 valence electrons. The molecular formula is C19H23N3O4. The Morgan fingerprint density at radius 3 is 2.65 bits per heavy atom. The average Bonchev–Trinajstić information content (AvgIpc) is 3.39. The SMILES string of the molecule is CCOC(=O)c1c2n(c(=O)n1-c1ccc(OC3CC3)cc1)CC(C)NC2. The summed E-state index contributed by atoms with van der Waals surface area (Å²) < 4.78 is 14.1. The number of benzene rings is 1. The van der Waals surface area contributed by atoms with Crippen molar-refractivity contribution in [3.63, 3.8) is 0 Å². The number of imidazole rings is 1. The van der Waals surface area contributed by atoms with Crippen molar-refractivity contribution in [2.75, 3.05) is 6.61 Å². The first-order valence-electron chi connectivity index (χ1n) is 9.10. The molecule has 2 aromatic rings. The number of nitrogens with one attached hydrogen (secondary N) is 1. The van der Waals surface area contributed by atoms with Gasteiger partial charge in [0.2, 0.25) is 0 Å². The molecule has 4 rings (SSSR count). The summed E-state index contributed by atoms with van der Waals surface area (Å²) in [6.45, 7) is 5.01. The maximum Gasteiger partial charge on any atom is 0.357 e. The summed E-state index contributed by atoms with van der Waals surface area (Å²) in [5.74, 6) is 0.300. The summed E-state index contributed by atoms with van der Waals surface area (Å²) in [5.41, 5.74) is 1.39. The highest BCUT2D eigenvalue weighted by Crippen LogP contribution is 2.27. The highest BCUT2D eigenvalue weighted by Gasteiger charge is 2.30. The van der Waals surface area contributed by atoms with Gasteiger partial charge < -0.3 is 14.8 Å². The van der Waals surface area contributed by atoms with Crippen LogP contribution in [-0.4, -0.2) is 33.9 Å². The Balaban J connectivity index is 1.78. The van der Waals surface area contributed by atoms with Crippen LogP contribution in [0.1, 0.15) is 42.9 Å². The van der Waals surface area contributed by atoms with E-state index in [2.05, 4.69) is 5.32 Å². The second-order valence-electron chi connectivity index (χ2n) is 6.84. The number of hydrogen-bond acceptors (Lipinski definition) is 5. The van der Waals surface area contributed by atoms with Crippen LogP contribution in [0.3, 0.4) is 0 Å². The summed E-state index contributed by atoms with van der Waals surface area (Å²) in [4.78, 5) is 25.6. The molecule has 0 amide bonds. The number of carbonyl (C=O) groups excluding carboxylic acids is 1. The van der Waals surface area contributed by atoms with Crippen LogP contribution in [0.4, 0.5) is 0 Å². The quantitative estimate of drug-likeness (QED) is 0.827. The fourth-order valence-corrected chi connectivity index (χ4v) is 3.27. The topological polar surface area (TPSA) is 74.5 Å². The zero-order chi connectivity index (χ0) is 18.3. The van der Waals surface area contributed by atoms with Crippen molar-refractivity contribution in [2.24, 2.45) is 0 Å². The van der Waals surface area contributed by atoms with Gasteiger partial charge in [0.1, 0.15) is 5.75 Å². The normalized spacial score (nSPS) is 19.1. The zero-order valence-electron chi connectivity index (χ0n) is 15.0. The van der Waals surface area contributed by atoms with Crippen LogP contribution in [0, 0.1) is 0 Å². The Morgan fingerprint density at radius 1 is 1.27 bits per heavy atom. The van der Waals surface area contributed by atoms with Gasteiger partial charge in [0.15, 0.2) is 5.69 Å². The Bertz CT molecular complexity index is 877. The number of nitrogens with zero attached hydrogens (tertiary/aromatic N) is 2. The van der Waals surface area contributed by atoms with Gasteiger partial charge in [-0.15, -0.1) is 0 Å². The molecule has 26 heavy (non-hydrogen) atoms. The van der Waals surface area contributed by atoms with Gasteiger partial charge >= 0.3 is 11.7 Å². The van der Waals surface area contributed by atoms with E-state index in [1.54, 1.807) is 11.5 Å². The third kappa shape index (κ3) is 3.03. The van der Waals surface area contributed by atoms with E-state index in [1.165, 1.54) is 4.57 Å². The summed E-state index contributed by atoms with van der Waals surface area (Å²) in [5, 5.41) is 3.30. The monoisotopic (exact) mass is 357 g/mol. The Morgan fingerprint density at radius 2 is 2.00 bits per heavy atom. The van der Waals surface area contributed by atoms with Crippen LogP contribution in [0.5, 0.6) is 5.75 Å². The standard InChI is InChI=1S/C19H23N3O4/c1-3-25-18(23)17-16-10-20-12(2)11-21(16)19(24)22(17)13-4-6-14(7-5-13)26-15-8-9-15/h4-7,12,15,20H,3,8-11H2,1-2H3. The lowest BCUT2D eigenvalue weighted by molar-refractivity contribution is 0.0514. The zero-order valence-corrected chi connectivity index (χ0v) is 15.0. The van der Waals surface area contributed by atoms with Crippen LogP contribution < -0.4 is 15.7 Å². The lowest BCUT2D eigenvalue weighted by atomic mass is 10.2. The average molecular weight is 357 g/mol. The molecule has 2 heterocycles. The molecule has 1 aromatic heterocycles. The molecule has 1 aliphatic carbocycles. The van der Waals surface area contributed by atoms with Crippen molar-refractivity contribution in [1.82, 2.24) is 14.5 Å². The van der Waals surface area contributed by atoms with Gasteiger partial charge in [-0.05, 0) is 51.0 Å². The van der Waals surface area contributed by atoms with E-state index in [0.717, 1.165) is 18.6 Å². The van der Waals surface area contributed by atoms with Crippen molar-refractivity contribution >= 4 is 5.97 Å². The van der Waals surface area contributed by atoms with Crippen molar-refractivity contribution in [2.45, 2.75) is 51.9 Å². The van der Waals surface area contributed by atoms with Crippen LogP contribution in [0.15, 0.2) is 29.1 Å². The molecule has 0 saturated heterocycles. The Labute approximate surface area is 151 Å². The van der Waals surface area contributed by atoms with Crippen molar-refractivity contribution in [1.29, 1.82) is 0 Å². The molecule has 1 saturated carbocycles. The first-order chi connectivity index (χ1) is 12.6. The van der Waals surface area contributed by atoms with E-state index in [0.29, 0.717) is 36.3 Å².